The largest absolute Gasteiger partial charge is 0.326 e. The van der Waals surface area contributed by atoms with E-state index in [1.807, 2.05) is 6.07 Å². The van der Waals surface area contributed by atoms with Crippen LogP contribution < -0.4 is 5.73 Å². The van der Waals surface area contributed by atoms with Gasteiger partial charge in [0.05, 0.1) is 10.4 Å². The highest BCUT2D eigenvalue weighted by Gasteiger charge is 2.24. The third-order valence-electron chi connectivity index (χ3n) is 3.37. The lowest BCUT2D eigenvalue weighted by atomic mass is 10.1. The number of hydrogen-bond donors (Lipinski definition) is 1. The summed E-state index contributed by atoms with van der Waals surface area (Å²) in [7, 11) is 0. The van der Waals surface area contributed by atoms with Gasteiger partial charge < -0.3 is 5.73 Å². The first-order valence-electron chi connectivity index (χ1n) is 7.35. The first-order chi connectivity index (χ1) is 9.10. The summed E-state index contributed by atoms with van der Waals surface area (Å²) in [4.78, 5) is 3.84. The molecule has 1 aromatic heterocycles. The summed E-state index contributed by atoms with van der Waals surface area (Å²) in [6.07, 6.45) is 4.90. The fraction of sp³-hybridized carbons (Fsp3) is 0.733. The monoisotopic (exact) mass is 302 g/mol. The molecule has 1 rings (SSSR count). The van der Waals surface area contributed by atoms with Gasteiger partial charge in [-0.2, -0.15) is 0 Å². The molecule has 110 valence electrons. The van der Waals surface area contributed by atoms with Crippen molar-refractivity contribution in [2.24, 2.45) is 5.73 Å². The fourth-order valence-electron chi connectivity index (χ4n) is 2.37. The second-order valence-corrected chi connectivity index (χ2v) is 6.94. The Morgan fingerprint density at radius 2 is 1.79 bits per heavy atom. The molecule has 0 aliphatic heterocycles. The molecule has 2 nitrogen and oxygen atoms in total. The Labute approximate surface area is 126 Å². The van der Waals surface area contributed by atoms with E-state index >= 15 is 0 Å². The molecule has 1 aromatic rings. The van der Waals surface area contributed by atoms with Crippen LogP contribution in [0.5, 0.6) is 0 Å². The zero-order valence-electron chi connectivity index (χ0n) is 12.4. The minimum absolute atomic E-state index is 0.128. The summed E-state index contributed by atoms with van der Waals surface area (Å²) in [5.74, 6) is 0. The van der Waals surface area contributed by atoms with E-state index in [9.17, 15) is 0 Å². The van der Waals surface area contributed by atoms with Crippen LogP contribution in [-0.2, 0) is 0 Å². The Balaban J connectivity index is 2.84. The van der Waals surface area contributed by atoms with Gasteiger partial charge in [0.25, 0.3) is 0 Å². The minimum atomic E-state index is 0.128. The van der Waals surface area contributed by atoms with Crippen molar-refractivity contribution in [1.82, 2.24) is 4.90 Å². The summed E-state index contributed by atoms with van der Waals surface area (Å²) >= 11 is 7.74. The standard InChI is InChI=1S/C15H27ClN2S/c1-4-6-10-18(11-7-5-2)15(12(3)17)13-8-9-14(16)19-13/h8-9,12,15H,4-7,10-11,17H2,1-3H3. The Hall–Kier alpha value is -0.0900. The van der Waals surface area contributed by atoms with Gasteiger partial charge in [0, 0.05) is 10.9 Å². The zero-order chi connectivity index (χ0) is 14.3. The second kappa shape index (κ2) is 8.96. The van der Waals surface area contributed by atoms with Crippen molar-refractivity contribution in [2.45, 2.75) is 58.5 Å². The fourth-order valence-corrected chi connectivity index (χ4v) is 3.68. The van der Waals surface area contributed by atoms with Crippen LogP contribution >= 0.6 is 22.9 Å². The van der Waals surface area contributed by atoms with Gasteiger partial charge in [-0.05, 0) is 45.0 Å². The average molecular weight is 303 g/mol. The van der Waals surface area contributed by atoms with E-state index in [1.54, 1.807) is 11.3 Å². The molecular weight excluding hydrogens is 276 g/mol. The van der Waals surface area contributed by atoms with Gasteiger partial charge in [0.15, 0.2) is 0 Å². The topological polar surface area (TPSA) is 29.3 Å². The van der Waals surface area contributed by atoms with Crippen LogP contribution in [0.3, 0.4) is 0 Å². The van der Waals surface area contributed by atoms with E-state index in [2.05, 4.69) is 31.7 Å². The number of nitrogens with zero attached hydrogens (tertiary/aromatic N) is 1. The van der Waals surface area contributed by atoms with E-state index in [0.29, 0.717) is 6.04 Å². The third-order valence-corrected chi connectivity index (χ3v) is 4.68. The van der Waals surface area contributed by atoms with Crippen molar-refractivity contribution in [3.05, 3.63) is 21.3 Å². The van der Waals surface area contributed by atoms with Gasteiger partial charge in [-0.25, -0.2) is 0 Å². The molecule has 0 saturated heterocycles. The van der Waals surface area contributed by atoms with Crippen LogP contribution in [0, 0.1) is 0 Å². The highest BCUT2D eigenvalue weighted by Crippen LogP contribution is 2.32. The molecule has 0 radical (unpaired) electrons. The molecule has 0 spiro atoms. The van der Waals surface area contributed by atoms with Crippen molar-refractivity contribution < 1.29 is 0 Å². The van der Waals surface area contributed by atoms with Crippen molar-refractivity contribution >= 4 is 22.9 Å². The molecule has 0 aliphatic rings. The number of halogens is 1. The number of rotatable bonds is 9. The molecule has 19 heavy (non-hydrogen) atoms. The first-order valence-corrected chi connectivity index (χ1v) is 8.54. The molecule has 0 fully saturated rings. The SMILES string of the molecule is CCCCN(CCCC)C(c1ccc(Cl)s1)C(C)N. The lowest BCUT2D eigenvalue weighted by Gasteiger charge is -2.33. The van der Waals surface area contributed by atoms with Crippen molar-refractivity contribution in [3.8, 4) is 0 Å². The van der Waals surface area contributed by atoms with Crippen molar-refractivity contribution in [1.29, 1.82) is 0 Å². The van der Waals surface area contributed by atoms with Crippen LogP contribution in [0.4, 0.5) is 0 Å². The van der Waals surface area contributed by atoms with Gasteiger partial charge >= 0.3 is 0 Å². The van der Waals surface area contributed by atoms with Crippen LogP contribution in [0.15, 0.2) is 12.1 Å². The molecule has 0 amide bonds. The third kappa shape index (κ3) is 5.42. The normalized spacial score (nSPS) is 14.8. The van der Waals surface area contributed by atoms with Gasteiger partial charge in [-0.1, -0.05) is 38.3 Å². The molecule has 0 bridgehead atoms. The Morgan fingerprint density at radius 3 is 2.16 bits per heavy atom. The van der Waals surface area contributed by atoms with E-state index < -0.39 is 0 Å². The smallest absolute Gasteiger partial charge is 0.0931 e. The molecule has 0 saturated carbocycles. The second-order valence-electron chi connectivity index (χ2n) is 5.19. The lowest BCUT2D eigenvalue weighted by Crippen LogP contribution is -2.40. The summed E-state index contributed by atoms with van der Waals surface area (Å²) < 4.78 is 0.853. The molecule has 0 aromatic carbocycles. The van der Waals surface area contributed by atoms with E-state index in [-0.39, 0.29) is 6.04 Å². The molecule has 0 aliphatic carbocycles. The van der Waals surface area contributed by atoms with Gasteiger partial charge in [-0.15, -0.1) is 11.3 Å². The highest BCUT2D eigenvalue weighted by molar-refractivity contribution is 7.16. The molecule has 1 heterocycles. The first kappa shape index (κ1) is 17.0. The maximum Gasteiger partial charge on any atom is 0.0931 e. The van der Waals surface area contributed by atoms with Crippen LogP contribution in [0.2, 0.25) is 4.34 Å². The maximum atomic E-state index is 6.24. The molecule has 2 unspecified atom stereocenters. The average Bonchev–Trinajstić information content (AvgIpc) is 2.78. The number of nitrogens with two attached hydrogens (primary N) is 1. The van der Waals surface area contributed by atoms with Gasteiger partial charge in [0.2, 0.25) is 0 Å². The quantitative estimate of drug-likeness (QED) is 0.717. The molecule has 4 heteroatoms. The number of thiophene rings is 1. The van der Waals surface area contributed by atoms with Crippen LogP contribution in [-0.4, -0.2) is 24.0 Å². The minimum Gasteiger partial charge on any atom is -0.326 e. The summed E-state index contributed by atoms with van der Waals surface area (Å²) in [6.45, 7) is 8.82. The Kier molecular flexibility index (Phi) is 8.00. The van der Waals surface area contributed by atoms with E-state index in [4.69, 9.17) is 17.3 Å². The van der Waals surface area contributed by atoms with Crippen molar-refractivity contribution in [2.75, 3.05) is 13.1 Å². The molecule has 2 atom stereocenters. The van der Waals surface area contributed by atoms with Crippen molar-refractivity contribution in [3.63, 3.8) is 0 Å². The lowest BCUT2D eigenvalue weighted by molar-refractivity contribution is 0.174. The summed E-state index contributed by atoms with van der Waals surface area (Å²) in [5.41, 5.74) is 6.24. The predicted octanol–water partition coefficient (Wildman–Crippen LogP) is 4.69. The van der Waals surface area contributed by atoms with Crippen LogP contribution in [0.25, 0.3) is 0 Å². The molecule has 2 N–H and O–H groups in total. The maximum absolute atomic E-state index is 6.24. The number of hydrogen-bond acceptors (Lipinski definition) is 3. The highest BCUT2D eigenvalue weighted by atomic mass is 35.5. The Morgan fingerprint density at radius 1 is 1.21 bits per heavy atom. The zero-order valence-corrected chi connectivity index (χ0v) is 13.9. The van der Waals surface area contributed by atoms with Gasteiger partial charge in [0.1, 0.15) is 0 Å². The van der Waals surface area contributed by atoms with Gasteiger partial charge in [-0.3, -0.25) is 4.90 Å². The van der Waals surface area contributed by atoms with E-state index in [0.717, 1.165) is 17.4 Å². The number of unbranched alkanes of at least 4 members (excludes halogenated alkanes) is 2. The predicted molar refractivity (Wildman–Crippen MR) is 87.1 cm³/mol. The molecular formula is C15H27ClN2S. The summed E-state index contributed by atoms with van der Waals surface area (Å²) in [5, 5.41) is 0. The van der Waals surface area contributed by atoms with E-state index in [1.165, 1.54) is 30.6 Å². The summed E-state index contributed by atoms with van der Waals surface area (Å²) in [6, 6.07) is 4.54. The van der Waals surface area contributed by atoms with Crippen LogP contribution in [0.1, 0.15) is 57.4 Å². The Bertz CT molecular complexity index is 344.